The van der Waals surface area contributed by atoms with E-state index in [4.69, 9.17) is 21.7 Å². The van der Waals surface area contributed by atoms with Crippen molar-refractivity contribution < 1.29 is 13.9 Å². The second-order valence-electron chi connectivity index (χ2n) is 7.81. The first-order valence-corrected chi connectivity index (χ1v) is 11.2. The van der Waals surface area contributed by atoms with Crippen LogP contribution >= 0.6 is 12.2 Å². The maximum atomic E-state index is 13.6. The molecule has 2 aromatic heterocycles. The van der Waals surface area contributed by atoms with E-state index in [1.807, 2.05) is 64.2 Å². The summed E-state index contributed by atoms with van der Waals surface area (Å²) in [6.45, 7) is 0. The Balaban J connectivity index is 1.70. The summed E-state index contributed by atoms with van der Waals surface area (Å²) < 4.78 is 26.8. The van der Waals surface area contributed by atoms with Crippen LogP contribution in [0.5, 0.6) is 11.5 Å². The van der Waals surface area contributed by atoms with Gasteiger partial charge in [0.15, 0.2) is 5.11 Å². The van der Waals surface area contributed by atoms with Gasteiger partial charge in [-0.2, -0.15) is 0 Å². The van der Waals surface area contributed by atoms with E-state index < -0.39 is 0 Å². The highest BCUT2D eigenvalue weighted by molar-refractivity contribution is 7.80. The van der Waals surface area contributed by atoms with Gasteiger partial charge in [0.1, 0.15) is 23.4 Å². The first-order chi connectivity index (χ1) is 16.6. The van der Waals surface area contributed by atoms with Gasteiger partial charge in [0, 0.05) is 29.8 Å². The Morgan fingerprint density at radius 2 is 1.79 bits per heavy atom. The molecular weight excluding hydrogens is 451 g/mol. The quantitative estimate of drug-likeness (QED) is 0.388. The number of methoxy groups -OCH3 is 2. The molecule has 1 aliphatic heterocycles. The summed E-state index contributed by atoms with van der Waals surface area (Å²) in [5.41, 5.74) is 3.43. The molecule has 8 heteroatoms. The Labute approximate surface area is 202 Å². The summed E-state index contributed by atoms with van der Waals surface area (Å²) >= 11 is 5.85. The van der Waals surface area contributed by atoms with Crippen molar-refractivity contribution in [2.24, 2.45) is 0 Å². The largest absolute Gasteiger partial charge is 0.497 e. The molecule has 4 aromatic rings. The first-order valence-electron chi connectivity index (χ1n) is 10.8. The van der Waals surface area contributed by atoms with Crippen LogP contribution in [0.2, 0.25) is 0 Å². The van der Waals surface area contributed by atoms with Crippen LogP contribution in [-0.2, 0) is 0 Å². The SMILES string of the molecule is COc1ccc(OC)c(N2C(=S)N[C@@H](c3ccccn3)[C@H]2c2cccn2-c2ccc(F)cc2)c1. The van der Waals surface area contributed by atoms with E-state index >= 15 is 0 Å². The fraction of sp³-hybridized carbons (Fsp3) is 0.154. The second kappa shape index (κ2) is 9.15. The van der Waals surface area contributed by atoms with Gasteiger partial charge in [0.05, 0.1) is 31.6 Å². The van der Waals surface area contributed by atoms with Crippen LogP contribution in [0.4, 0.5) is 10.1 Å². The number of nitrogens with zero attached hydrogens (tertiary/aromatic N) is 3. The van der Waals surface area contributed by atoms with Crippen LogP contribution < -0.4 is 19.7 Å². The number of anilines is 1. The molecule has 3 heterocycles. The molecule has 1 N–H and O–H groups in total. The van der Waals surface area contributed by atoms with Gasteiger partial charge < -0.3 is 24.3 Å². The highest BCUT2D eigenvalue weighted by atomic mass is 32.1. The van der Waals surface area contributed by atoms with E-state index in [0.717, 1.165) is 22.8 Å². The molecule has 1 fully saturated rings. The monoisotopic (exact) mass is 474 g/mol. The average molecular weight is 475 g/mol. The van der Waals surface area contributed by atoms with Crippen LogP contribution in [0.1, 0.15) is 23.5 Å². The molecule has 0 unspecified atom stereocenters. The fourth-order valence-corrected chi connectivity index (χ4v) is 4.71. The Bertz CT molecular complexity index is 1310. The summed E-state index contributed by atoms with van der Waals surface area (Å²) in [6, 6.07) is 21.4. The third-order valence-electron chi connectivity index (χ3n) is 5.93. The predicted molar refractivity (Wildman–Crippen MR) is 133 cm³/mol. The number of halogens is 1. The molecule has 0 saturated carbocycles. The van der Waals surface area contributed by atoms with Crippen LogP contribution in [0, 0.1) is 5.82 Å². The highest BCUT2D eigenvalue weighted by Crippen LogP contribution is 2.46. The van der Waals surface area contributed by atoms with Gasteiger partial charge in [-0.3, -0.25) is 4.98 Å². The summed E-state index contributed by atoms with van der Waals surface area (Å²) in [5.74, 6) is 1.07. The lowest BCUT2D eigenvalue weighted by molar-refractivity contribution is 0.402. The van der Waals surface area contributed by atoms with E-state index in [1.54, 1.807) is 32.5 Å². The number of benzene rings is 2. The first kappa shape index (κ1) is 21.9. The number of ether oxygens (including phenoxy) is 2. The minimum atomic E-state index is -0.282. The third-order valence-corrected chi connectivity index (χ3v) is 6.25. The van der Waals surface area contributed by atoms with Crippen LogP contribution in [0.25, 0.3) is 5.69 Å². The van der Waals surface area contributed by atoms with Gasteiger partial charge in [-0.05, 0) is 72.9 Å². The molecule has 0 spiro atoms. The molecule has 0 amide bonds. The van der Waals surface area contributed by atoms with Gasteiger partial charge in [0.2, 0.25) is 0 Å². The predicted octanol–water partition coefficient (Wildman–Crippen LogP) is 5.21. The van der Waals surface area contributed by atoms with Gasteiger partial charge in [-0.15, -0.1) is 0 Å². The number of pyridine rings is 1. The van der Waals surface area contributed by atoms with Gasteiger partial charge in [-0.1, -0.05) is 6.07 Å². The van der Waals surface area contributed by atoms with E-state index in [9.17, 15) is 4.39 Å². The third kappa shape index (κ3) is 3.86. The van der Waals surface area contributed by atoms with Crippen LogP contribution in [-0.4, -0.2) is 28.9 Å². The van der Waals surface area contributed by atoms with Gasteiger partial charge >= 0.3 is 0 Å². The summed E-state index contributed by atoms with van der Waals surface area (Å²) in [7, 11) is 3.25. The maximum Gasteiger partial charge on any atom is 0.174 e. The molecule has 6 nitrogen and oxygen atoms in total. The van der Waals surface area contributed by atoms with Crippen LogP contribution in [0.15, 0.2) is 85.2 Å². The molecule has 2 atom stereocenters. The van der Waals surface area contributed by atoms with E-state index in [2.05, 4.69) is 10.3 Å². The molecule has 172 valence electrons. The Kier molecular flexibility index (Phi) is 5.90. The smallest absolute Gasteiger partial charge is 0.174 e. The number of hydrogen-bond acceptors (Lipinski definition) is 4. The van der Waals surface area contributed by atoms with Crippen molar-refractivity contribution >= 4 is 23.0 Å². The van der Waals surface area contributed by atoms with E-state index in [0.29, 0.717) is 16.6 Å². The Hall–Kier alpha value is -3.91. The lowest BCUT2D eigenvalue weighted by Gasteiger charge is -2.30. The van der Waals surface area contributed by atoms with Crippen molar-refractivity contribution in [2.75, 3.05) is 19.1 Å². The molecule has 2 aromatic carbocycles. The number of thiocarbonyl (C=S) groups is 1. The molecule has 5 rings (SSSR count). The van der Waals surface area contributed by atoms with Gasteiger partial charge in [0.25, 0.3) is 0 Å². The molecule has 1 saturated heterocycles. The molecule has 0 bridgehead atoms. The van der Waals surface area contributed by atoms with Crippen molar-refractivity contribution in [3.63, 3.8) is 0 Å². The molecule has 1 aliphatic rings. The number of aromatic nitrogens is 2. The second-order valence-corrected chi connectivity index (χ2v) is 8.20. The molecule has 0 aliphatic carbocycles. The molecule has 34 heavy (non-hydrogen) atoms. The van der Waals surface area contributed by atoms with Gasteiger partial charge in [-0.25, -0.2) is 4.39 Å². The molecule has 0 radical (unpaired) electrons. The van der Waals surface area contributed by atoms with Crippen molar-refractivity contribution in [1.82, 2.24) is 14.9 Å². The summed E-state index contributed by atoms with van der Waals surface area (Å²) in [6.07, 6.45) is 3.73. The molecular formula is C26H23FN4O2S. The van der Waals surface area contributed by atoms with E-state index in [1.165, 1.54) is 12.1 Å². The highest BCUT2D eigenvalue weighted by Gasteiger charge is 2.43. The number of hydrogen-bond donors (Lipinski definition) is 1. The zero-order valence-electron chi connectivity index (χ0n) is 18.7. The standard InChI is InChI=1S/C26H23FN4O2S/c1-32-19-12-13-23(33-2)22(16-19)31-25(24(29-26(31)34)20-6-3-4-14-28-20)21-7-5-15-30(21)18-10-8-17(27)9-11-18/h3-16,24-25H,1-2H3,(H,29,34)/t24-,25+/m0/s1. The average Bonchev–Trinajstić information content (AvgIpc) is 3.49. The van der Waals surface area contributed by atoms with Crippen molar-refractivity contribution in [2.45, 2.75) is 12.1 Å². The summed E-state index contributed by atoms with van der Waals surface area (Å²) in [5, 5.41) is 4.00. The number of rotatable bonds is 6. The summed E-state index contributed by atoms with van der Waals surface area (Å²) in [4.78, 5) is 6.64. The minimum absolute atomic E-state index is 0.237. The van der Waals surface area contributed by atoms with Crippen LogP contribution in [0.3, 0.4) is 0 Å². The Morgan fingerprint density at radius 3 is 2.50 bits per heavy atom. The zero-order valence-corrected chi connectivity index (χ0v) is 19.5. The Morgan fingerprint density at radius 1 is 0.971 bits per heavy atom. The van der Waals surface area contributed by atoms with Crippen molar-refractivity contribution in [3.05, 3.63) is 102 Å². The van der Waals surface area contributed by atoms with E-state index in [-0.39, 0.29) is 17.9 Å². The van der Waals surface area contributed by atoms with Crippen molar-refractivity contribution in [1.29, 1.82) is 0 Å². The maximum absolute atomic E-state index is 13.6. The zero-order chi connectivity index (χ0) is 23.7. The topological polar surface area (TPSA) is 51.6 Å². The number of nitrogens with one attached hydrogen (secondary N) is 1. The lowest BCUT2D eigenvalue weighted by Crippen LogP contribution is -2.30. The lowest BCUT2D eigenvalue weighted by atomic mass is 10.0. The van der Waals surface area contributed by atoms with Crippen molar-refractivity contribution in [3.8, 4) is 17.2 Å². The minimum Gasteiger partial charge on any atom is -0.497 e. The normalized spacial score (nSPS) is 17.5. The fourth-order valence-electron chi connectivity index (χ4n) is 4.37.